The lowest BCUT2D eigenvalue weighted by Crippen LogP contribution is -2.57. The minimum atomic E-state index is -0.773. The van der Waals surface area contributed by atoms with Gasteiger partial charge in [-0.15, -0.1) is 0 Å². The van der Waals surface area contributed by atoms with Crippen molar-refractivity contribution in [2.24, 2.45) is 5.73 Å². The van der Waals surface area contributed by atoms with Crippen molar-refractivity contribution in [3.05, 3.63) is 0 Å². The van der Waals surface area contributed by atoms with E-state index in [9.17, 15) is 4.79 Å². The first kappa shape index (κ1) is 12.0. The molecule has 0 aromatic heterocycles. The van der Waals surface area contributed by atoms with E-state index < -0.39 is 5.54 Å². The quantitative estimate of drug-likeness (QED) is 0.636. The summed E-state index contributed by atoms with van der Waals surface area (Å²) in [6, 6.07) is 2.03. The van der Waals surface area contributed by atoms with Crippen molar-refractivity contribution in [3.8, 4) is 6.07 Å². The van der Waals surface area contributed by atoms with Crippen LogP contribution in [0, 0.1) is 11.3 Å². The number of hydrogen-bond acceptors (Lipinski definition) is 4. The van der Waals surface area contributed by atoms with E-state index in [-0.39, 0.29) is 5.91 Å². The van der Waals surface area contributed by atoms with Crippen molar-refractivity contribution < 1.29 is 9.53 Å². The predicted molar refractivity (Wildman–Crippen MR) is 54.8 cm³/mol. The van der Waals surface area contributed by atoms with Gasteiger partial charge in [0.15, 0.2) is 0 Å². The Morgan fingerprint density at radius 2 is 2.20 bits per heavy atom. The third-order valence-corrected chi connectivity index (χ3v) is 2.59. The van der Waals surface area contributed by atoms with Gasteiger partial charge >= 0.3 is 0 Å². The van der Waals surface area contributed by atoms with Crippen molar-refractivity contribution in [1.82, 2.24) is 5.32 Å². The average molecular weight is 211 g/mol. The maximum Gasteiger partial charge on any atom is 0.240 e. The molecule has 1 heterocycles. The van der Waals surface area contributed by atoms with Crippen LogP contribution in [0.4, 0.5) is 0 Å². The monoisotopic (exact) mass is 211 g/mol. The van der Waals surface area contributed by atoms with Crippen LogP contribution in [0.15, 0.2) is 0 Å². The van der Waals surface area contributed by atoms with Gasteiger partial charge in [-0.2, -0.15) is 5.26 Å². The van der Waals surface area contributed by atoms with Crippen molar-refractivity contribution in [3.63, 3.8) is 0 Å². The zero-order chi connectivity index (χ0) is 11.1. The SMILES string of the molecule is N#CCCCNC(=O)C1(N)CCOCC1. The second-order valence-electron chi connectivity index (χ2n) is 3.79. The van der Waals surface area contributed by atoms with Crippen LogP contribution in [0.1, 0.15) is 25.7 Å². The maximum absolute atomic E-state index is 11.7. The molecule has 5 heteroatoms. The number of nitrogens with two attached hydrogens (primary N) is 1. The molecule has 5 nitrogen and oxygen atoms in total. The van der Waals surface area contributed by atoms with Gasteiger partial charge in [0.25, 0.3) is 0 Å². The highest BCUT2D eigenvalue weighted by Gasteiger charge is 2.35. The molecule has 0 bridgehead atoms. The molecule has 0 aliphatic carbocycles. The summed E-state index contributed by atoms with van der Waals surface area (Å²) in [6.45, 7) is 1.61. The lowest BCUT2D eigenvalue weighted by atomic mass is 9.90. The summed E-state index contributed by atoms with van der Waals surface area (Å²) in [4.78, 5) is 11.7. The molecule has 1 aliphatic heterocycles. The van der Waals surface area contributed by atoms with Crippen LogP contribution in [0.25, 0.3) is 0 Å². The third-order valence-electron chi connectivity index (χ3n) is 2.59. The zero-order valence-electron chi connectivity index (χ0n) is 8.79. The minimum Gasteiger partial charge on any atom is -0.381 e. The molecule has 0 spiro atoms. The predicted octanol–water partition coefficient (Wildman–Crippen LogP) is -0.0857. The lowest BCUT2D eigenvalue weighted by molar-refractivity contribution is -0.129. The molecule has 1 rings (SSSR count). The summed E-state index contributed by atoms with van der Waals surface area (Å²) in [6.07, 6.45) is 2.27. The Kier molecular flexibility index (Phi) is 4.53. The largest absolute Gasteiger partial charge is 0.381 e. The Bertz CT molecular complexity index is 254. The molecule has 1 fully saturated rings. The molecule has 84 valence electrons. The summed E-state index contributed by atoms with van der Waals surface area (Å²) in [5.41, 5.74) is 5.19. The van der Waals surface area contributed by atoms with E-state index in [2.05, 4.69) is 5.32 Å². The number of nitrogens with one attached hydrogen (secondary N) is 1. The van der Waals surface area contributed by atoms with Gasteiger partial charge in [-0.25, -0.2) is 0 Å². The van der Waals surface area contributed by atoms with Gasteiger partial charge in [0.05, 0.1) is 11.6 Å². The van der Waals surface area contributed by atoms with Crippen molar-refractivity contribution in [1.29, 1.82) is 5.26 Å². The van der Waals surface area contributed by atoms with E-state index in [0.717, 1.165) is 0 Å². The van der Waals surface area contributed by atoms with Gasteiger partial charge in [-0.1, -0.05) is 0 Å². The number of nitriles is 1. The molecular weight excluding hydrogens is 194 g/mol. The summed E-state index contributed by atoms with van der Waals surface area (Å²) < 4.78 is 5.16. The smallest absolute Gasteiger partial charge is 0.240 e. The summed E-state index contributed by atoms with van der Waals surface area (Å²) in [5.74, 6) is -0.122. The summed E-state index contributed by atoms with van der Waals surface area (Å²) in [5, 5.41) is 11.1. The number of ether oxygens (including phenoxy) is 1. The number of unbranched alkanes of at least 4 members (excludes halogenated alkanes) is 1. The van der Waals surface area contributed by atoms with Crippen molar-refractivity contribution in [2.75, 3.05) is 19.8 Å². The fourth-order valence-corrected chi connectivity index (χ4v) is 1.51. The van der Waals surface area contributed by atoms with Crippen molar-refractivity contribution in [2.45, 2.75) is 31.2 Å². The van der Waals surface area contributed by atoms with Crippen LogP contribution >= 0.6 is 0 Å². The number of nitrogens with zero attached hydrogens (tertiary/aromatic N) is 1. The molecule has 0 radical (unpaired) electrons. The molecule has 1 aliphatic rings. The maximum atomic E-state index is 11.7. The molecule has 0 unspecified atom stereocenters. The Labute approximate surface area is 89.6 Å². The minimum absolute atomic E-state index is 0.122. The standard InChI is InChI=1S/C10H17N3O2/c11-5-1-2-6-13-9(14)10(12)3-7-15-8-4-10/h1-4,6-8,12H2,(H,13,14). The Balaban J connectivity index is 2.29. The Morgan fingerprint density at radius 1 is 1.53 bits per heavy atom. The summed E-state index contributed by atoms with van der Waals surface area (Å²) >= 11 is 0. The van der Waals surface area contributed by atoms with Gasteiger partial charge < -0.3 is 15.8 Å². The van der Waals surface area contributed by atoms with E-state index >= 15 is 0 Å². The molecule has 0 aromatic rings. The van der Waals surface area contributed by atoms with Crippen LogP contribution < -0.4 is 11.1 Å². The highest BCUT2D eigenvalue weighted by molar-refractivity contribution is 5.86. The normalized spacial score (nSPS) is 19.2. The van der Waals surface area contributed by atoms with Gasteiger partial charge in [-0.05, 0) is 19.3 Å². The number of rotatable bonds is 4. The summed E-state index contributed by atoms with van der Waals surface area (Å²) in [7, 11) is 0. The number of amides is 1. The highest BCUT2D eigenvalue weighted by atomic mass is 16.5. The molecular formula is C10H17N3O2. The topological polar surface area (TPSA) is 88.1 Å². The first-order valence-corrected chi connectivity index (χ1v) is 5.21. The van der Waals surface area contributed by atoms with Crippen LogP contribution in [0.2, 0.25) is 0 Å². The molecule has 1 amide bonds. The van der Waals surface area contributed by atoms with E-state index in [0.29, 0.717) is 45.4 Å². The average Bonchev–Trinajstić information content (AvgIpc) is 2.25. The van der Waals surface area contributed by atoms with Gasteiger partial charge in [0.2, 0.25) is 5.91 Å². The molecule has 3 N–H and O–H groups in total. The van der Waals surface area contributed by atoms with E-state index in [1.807, 2.05) is 6.07 Å². The van der Waals surface area contributed by atoms with E-state index in [1.165, 1.54) is 0 Å². The second kappa shape index (κ2) is 5.69. The lowest BCUT2D eigenvalue weighted by Gasteiger charge is -2.31. The molecule has 15 heavy (non-hydrogen) atoms. The fraction of sp³-hybridized carbons (Fsp3) is 0.800. The van der Waals surface area contributed by atoms with Crippen LogP contribution in [0.3, 0.4) is 0 Å². The Morgan fingerprint density at radius 3 is 2.80 bits per heavy atom. The van der Waals surface area contributed by atoms with E-state index in [4.69, 9.17) is 15.7 Å². The molecule has 1 saturated heterocycles. The molecule has 0 aromatic carbocycles. The second-order valence-corrected chi connectivity index (χ2v) is 3.79. The van der Waals surface area contributed by atoms with E-state index in [1.54, 1.807) is 0 Å². The van der Waals surface area contributed by atoms with Gasteiger partial charge in [0, 0.05) is 26.2 Å². The first-order valence-electron chi connectivity index (χ1n) is 5.21. The molecule has 0 saturated carbocycles. The highest BCUT2D eigenvalue weighted by Crippen LogP contribution is 2.17. The van der Waals surface area contributed by atoms with Crippen LogP contribution in [-0.4, -0.2) is 31.2 Å². The van der Waals surface area contributed by atoms with Crippen LogP contribution in [-0.2, 0) is 9.53 Å². The third kappa shape index (κ3) is 3.50. The van der Waals surface area contributed by atoms with Crippen LogP contribution in [0.5, 0.6) is 0 Å². The fourth-order valence-electron chi connectivity index (χ4n) is 1.51. The Hall–Kier alpha value is -1.12. The van der Waals surface area contributed by atoms with Crippen molar-refractivity contribution >= 4 is 5.91 Å². The van der Waals surface area contributed by atoms with Gasteiger partial charge in [-0.3, -0.25) is 4.79 Å². The number of carbonyl (C=O) groups is 1. The molecule has 0 atom stereocenters. The van der Waals surface area contributed by atoms with Gasteiger partial charge in [0.1, 0.15) is 0 Å². The number of hydrogen-bond donors (Lipinski definition) is 2. The zero-order valence-corrected chi connectivity index (χ0v) is 8.79. The number of carbonyl (C=O) groups excluding carboxylic acids is 1. The first-order chi connectivity index (χ1) is 7.19.